The van der Waals surface area contributed by atoms with Crippen LogP contribution in [0.5, 0.6) is 0 Å². The van der Waals surface area contributed by atoms with E-state index in [1.54, 1.807) is 6.07 Å². The van der Waals surface area contributed by atoms with Gasteiger partial charge >= 0.3 is 0 Å². The first-order valence-corrected chi connectivity index (χ1v) is 7.12. The molecule has 0 atom stereocenters. The van der Waals surface area contributed by atoms with Gasteiger partial charge in [0.15, 0.2) is 0 Å². The maximum atomic E-state index is 6.09. The van der Waals surface area contributed by atoms with Crippen LogP contribution in [0.15, 0.2) is 40.9 Å². The van der Waals surface area contributed by atoms with Gasteiger partial charge in [-0.2, -0.15) is 0 Å². The zero-order chi connectivity index (χ0) is 13.1. The molecule has 0 fully saturated rings. The molecule has 94 valence electrons. The molecule has 0 saturated heterocycles. The van der Waals surface area contributed by atoms with Crippen LogP contribution in [0.3, 0.4) is 0 Å². The van der Waals surface area contributed by atoms with Crippen LogP contribution in [0.25, 0.3) is 0 Å². The third kappa shape index (κ3) is 3.55. The lowest BCUT2D eigenvalue weighted by Crippen LogP contribution is -1.99. The lowest BCUT2D eigenvalue weighted by Gasteiger charge is -2.09. The molecular weight excluding hydrogens is 356 g/mol. The average molecular weight is 365 g/mol. The molecule has 0 saturated carbocycles. The van der Waals surface area contributed by atoms with Crippen molar-refractivity contribution in [2.75, 3.05) is 5.32 Å². The molecule has 1 N–H and O–H groups in total. The minimum absolute atomic E-state index is 0.552. The molecule has 0 heterocycles. The van der Waals surface area contributed by atoms with Gasteiger partial charge in [-0.25, -0.2) is 0 Å². The van der Waals surface area contributed by atoms with Crippen LogP contribution >= 0.6 is 50.7 Å². The molecule has 0 amide bonds. The normalized spacial score (nSPS) is 10.4. The van der Waals surface area contributed by atoms with Gasteiger partial charge in [0.25, 0.3) is 0 Å². The van der Waals surface area contributed by atoms with E-state index >= 15 is 0 Å². The first-order chi connectivity index (χ1) is 8.56. The number of nitrogens with one attached hydrogen (secondary N) is 1. The second-order valence-electron chi connectivity index (χ2n) is 3.73. The Hall–Kier alpha value is -0.410. The van der Waals surface area contributed by atoms with E-state index in [0.29, 0.717) is 21.6 Å². The van der Waals surface area contributed by atoms with Crippen LogP contribution in [0.4, 0.5) is 5.69 Å². The third-order valence-electron chi connectivity index (χ3n) is 2.40. The number of anilines is 1. The Bertz CT molecular complexity index is 572. The Morgan fingerprint density at radius 1 is 0.889 bits per heavy atom. The molecule has 0 spiro atoms. The molecule has 0 aliphatic carbocycles. The van der Waals surface area contributed by atoms with Crippen molar-refractivity contribution in [1.82, 2.24) is 0 Å². The summed E-state index contributed by atoms with van der Waals surface area (Å²) in [6.07, 6.45) is 0. The minimum Gasteiger partial charge on any atom is -0.380 e. The summed E-state index contributed by atoms with van der Waals surface area (Å²) in [7, 11) is 0. The fourth-order valence-corrected chi connectivity index (χ4v) is 2.35. The summed E-state index contributed by atoms with van der Waals surface area (Å²) in [5, 5.41) is 5.04. The summed E-state index contributed by atoms with van der Waals surface area (Å²) in [6, 6.07) is 11.2. The summed E-state index contributed by atoms with van der Waals surface area (Å²) >= 11 is 21.3. The van der Waals surface area contributed by atoms with Crippen molar-refractivity contribution in [3.8, 4) is 0 Å². The van der Waals surface area contributed by atoms with Crippen LogP contribution in [0.1, 0.15) is 5.56 Å². The van der Waals surface area contributed by atoms with Crippen LogP contribution in [0.2, 0.25) is 15.1 Å². The van der Waals surface area contributed by atoms with Crippen LogP contribution < -0.4 is 5.32 Å². The van der Waals surface area contributed by atoms with Gasteiger partial charge in [0, 0.05) is 11.0 Å². The Morgan fingerprint density at radius 2 is 1.61 bits per heavy atom. The summed E-state index contributed by atoms with van der Waals surface area (Å²) in [5.74, 6) is 0. The highest BCUT2D eigenvalue weighted by molar-refractivity contribution is 9.10. The molecule has 0 aromatic heterocycles. The highest BCUT2D eigenvalue weighted by Crippen LogP contribution is 2.27. The van der Waals surface area contributed by atoms with Gasteiger partial charge in [-0.1, -0.05) is 56.8 Å². The van der Waals surface area contributed by atoms with Crippen molar-refractivity contribution in [1.29, 1.82) is 0 Å². The number of rotatable bonds is 3. The van der Waals surface area contributed by atoms with E-state index in [0.717, 1.165) is 15.7 Å². The quantitative estimate of drug-likeness (QED) is 0.701. The lowest BCUT2D eigenvalue weighted by atomic mass is 10.2. The van der Waals surface area contributed by atoms with Gasteiger partial charge in [0.1, 0.15) is 0 Å². The topological polar surface area (TPSA) is 12.0 Å². The standard InChI is InChI=1S/C13H9BrCl3N/c14-9-2-4-11(16)13(6-9)18-7-8-1-3-10(15)12(17)5-8/h1-6,18H,7H2. The van der Waals surface area contributed by atoms with Crippen LogP contribution in [0, 0.1) is 0 Å². The Labute approximate surface area is 129 Å². The first kappa shape index (κ1) is 14.0. The van der Waals surface area contributed by atoms with E-state index in [1.807, 2.05) is 30.3 Å². The Morgan fingerprint density at radius 3 is 2.33 bits per heavy atom. The third-order valence-corrected chi connectivity index (χ3v) is 3.96. The number of hydrogen-bond acceptors (Lipinski definition) is 1. The Balaban J connectivity index is 2.11. The summed E-state index contributed by atoms with van der Waals surface area (Å²) in [4.78, 5) is 0. The van der Waals surface area contributed by atoms with Crippen molar-refractivity contribution >= 4 is 56.4 Å². The highest BCUT2D eigenvalue weighted by atomic mass is 79.9. The van der Waals surface area contributed by atoms with Crippen molar-refractivity contribution in [2.45, 2.75) is 6.54 Å². The maximum Gasteiger partial charge on any atom is 0.0638 e. The van der Waals surface area contributed by atoms with Crippen LogP contribution in [-0.4, -0.2) is 0 Å². The predicted octanol–water partition coefficient (Wildman–Crippen LogP) is 6.02. The molecule has 1 nitrogen and oxygen atoms in total. The minimum atomic E-state index is 0.552. The first-order valence-electron chi connectivity index (χ1n) is 5.19. The highest BCUT2D eigenvalue weighted by Gasteiger charge is 2.03. The van der Waals surface area contributed by atoms with Crippen LogP contribution in [-0.2, 0) is 6.54 Å². The summed E-state index contributed by atoms with van der Waals surface area (Å²) in [6.45, 7) is 0.632. The van der Waals surface area contributed by atoms with E-state index in [4.69, 9.17) is 34.8 Å². The predicted molar refractivity (Wildman–Crippen MR) is 82.9 cm³/mol. The molecule has 0 aliphatic heterocycles. The summed E-state index contributed by atoms with van der Waals surface area (Å²) in [5.41, 5.74) is 1.91. The monoisotopic (exact) mass is 363 g/mol. The molecular formula is C13H9BrCl3N. The molecule has 0 bridgehead atoms. The average Bonchev–Trinajstić information content (AvgIpc) is 2.34. The molecule has 5 heteroatoms. The molecule has 2 aromatic carbocycles. The number of halogens is 4. The molecule has 0 radical (unpaired) electrons. The second-order valence-corrected chi connectivity index (χ2v) is 5.86. The molecule has 2 rings (SSSR count). The maximum absolute atomic E-state index is 6.09. The SMILES string of the molecule is Clc1ccc(CNc2cc(Br)ccc2Cl)cc1Cl. The van der Waals surface area contributed by atoms with Gasteiger partial charge in [0.05, 0.1) is 20.8 Å². The fourth-order valence-electron chi connectivity index (χ4n) is 1.48. The van der Waals surface area contributed by atoms with E-state index in [1.165, 1.54) is 0 Å². The van der Waals surface area contributed by atoms with E-state index in [2.05, 4.69) is 21.2 Å². The molecule has 0 aliphatic rings. The summed E-state index contributed by atoms with van der Waals surface area (Å²) < 4.78 is 0.975. The van der Waals surface area contributed by atoms with Crippen molar-refractivity contribution in [3.63, 3.8) is 0 Å². The van der Waals surface area contributed by atoms with Gasteiger partial charge < -0.3 is 5.32 Å². The fraction of sp³-hybridized carbons (Fsp3) is 0.0769. The lowest BCUT2D eigenvalue weighted by molar-refractivity contribution is 1.15. The second kappa shape index (κ2) is 6.16. The van der Waals surface area contributed by atoms with Gasteiger partial charge in [-0.05, 0) is 35.9 Å². The largest absolute Gasteiger partial charge is 0.380 e. The zero-order valence-electron chi connectivity index (χ0n) is 9.18. The molecule has 0 unspecified atom stereocenters. The molecule has 18 heavy (non-hydrogen) atoms. The number of hydrogen-bond donors (Lipinski definition) is 1. The number of benzene rings is 2. The Kier molecular flexibility index (Phi) is 4.79. The van der Waals surface area contributed by atoms with Gasteiger partial charge in [-0.15, -0.1) is 0 Å². The van der Waals surface area contributed by atoms with Gasteiger partial charge in [-0.3, -0.25) is 0 Å². The molecule has 2 aromatic rings. The van der Waals surface area contributed by atoms with Gasteiger partial charge in [0.2, 0.25) is 0 Å². The van der Waals surface area contributed by atoms with Crippen molar-refractivity contribution < 1.29 is 0 Å². The van der Waals surface area contributed by atoms with E-state index in [9.17, 15) is 0 Å². The smallest absolute Gasteiger partial charge is 0.0638 e. The zero-order valence-corrected chi connectivity index (χ0v) is 13.0. The van der Waals surface area contributed by atoms with E-state index in [-0.39, 0.29) is 0 Å². The van der Waals surface area contributed by atoms with Crippen molar-refractivity contribution in [2.24, 2.45) is 0 Å². The van der Waals surface area contributed by atoms with Crippen molar-refractivity contribution in [3.05, 3.63) is 61.5 Å². The van der Waals surface area contributed by atoms with E-state index < -0.39 is 0 Å².